The number of rotatable bonds is 2. The zero-order chi connectivity index (χ0) is 18.9. The summed E-state index contributed by atoms with van der Waals surface area (Å²) in [5, 5.41) is 3.31. The Hall–Kier alpha value is -2.18. The van der Waals surface area contributed by atoms with Crippen molar-refractivity contribution < 1.29 is 18.3 Å². The van der Waals surface area contributed by atoms with Gasteiger partial charge in [-0.3, -0.25) is 0 Å². The number of benzene rings is 1. The van der Waals surface area contributed by atoms with Gasteiger partial charge in [0, 0.05) is 0 Å². The van der Waals surface area contributed by atoms with Crippen LogP contribution in [0.15, 0.2) is 23.2 Å². The van der Waals surface area contributed by atoms with Gasteiger partial charge < -0.3 is 10.1 Å². The van der Waals surface area contributed by atoms with Gasteiger partial charge in [0.15, 0.2) is 11.6 Å². The molecule has 0 radical (unpaired) electrons. The lowest BCUT2D eigenvalue weighted by Gasteiger charge is -2.31. The third-order valence-corrected chi connectivity index (χ3v) is 4.59. The van der Waals surface area contributed by atoms with E-state index in [4.69, 9.17) is 4.74 Å². The van der Waals surface area contributed by atoms with Gasteiger partial charge in [-0.05, 0) is 51.3 Å². The molecule has 1 N–H and O–H groups in total. The van der Waals surface area contributed by atoms with Crippen molar-refractivity contribution in [2.24, 2.45) is 4.99 Å². The van der Waals surface area contributed by atoms with E-state index in [0.29, 0.717) is 11.5 Å². The molecule has 0 aromatic heterocycles. The van der Waals surface area contributed by atoms with Crippen LogP contribution in [0.1, 0.15) is 52.0 Å². The molecule has 1 saturated heterocycles. The Bertz CT molecular complexity index is 715. The van der Waals surface area contributed by atoms with Crippen molar-refractivity contribution in [2.45, 2.75) is 70.7 Å². The number of aliphatic imine (C=N–C) groups is 1. The van der Waals surface area contributed by atoms with E-state index < -0.39 is 23.3 Å². The SMILES string of the molecule is CC(C)(C)OC(=O)N1C(=NCc2ccc(F)c(F)c2)N[C@@H]2CCCC[C@@H]21. The lowest BCUT2D eigenvalue weighted by Crippen LogP contribution is -2.45. The predicted octanol–water partition coefficient (Wildman–Crippen LogP) is 3.97. The molecule has 1 heterocycles. The molecule has 7 heteroatoms. The van der Waals surface area contributed by atoms with Crippen molar-refractivity contribution in [3.63, 3.8) is 0 Å². The van der Waals surface area contributed by atoms with Gasteiger partial charge in [0.2, 0.25) is 5.96 Å². The van der Waals surface area contributed by atoms with E-state index in [2.05, 4.69) is 10.3 Å². The number of hydrogen-bond donors (Lipinski definition) is 1. The van der Waals surface area contributed by atoms with Crippen molar-refractivity contribution in [3.05, 3.63) is 35.4 Å². The first-order valence-corrected chi connectivity index (χ1v) is 9.02. The number of fused-ring (bicyclic) bond motifs is 1. The number of carbonyl (C=O) groups is 1. The largest absolute Gasteiger partial charge is 0.443 e. The van der Waals surface area contributed by atoms with E-state index in [0.717, 1.165) is 37.8 Å². The summed E-state index contributed by atoms with van der Waals surface area (Å²) in [5.41, 5.74) is -0.0631. The summed E-state index contributed by atoms with van der Waals surface area (Å²) in [5.74, 6) is -1.34. The van der Waals surface area contributed by atoms with Crippen LogP contribution in [0.4, 0.5) is 13.6 Å². The minimum absolute atomic E-state index is 0.0160. The molecule has 1 aliphatic heterocycles. The Balaban J connectivity index is 1.82. The number of hydrogen-bond acceptors (Lipinski definition) is 3. The van der Waals surface area contributed by atoms with Crippen molar-refractivity contribution in [3.8, 4) is 0 Å². The fourth-order valence-corrected chi connectivity index (χ4v) is 3.44. The van der Waals surface area contributed by atoms with Gasteiger partial charge >= 0.3 is 6.09 Å². The highest BCUT2D eigenvalue weighted by Crippen LogP contribution is 2.29. The van der Waals surface area contributed by atoms with E-state index in [1.165, 1.54) is 6.07 Å². The van der Waals surface area contributed by atoms with Crippen molar-refractivity contribution in [2.75, 3.05) is 0 Å². The molecule has 0 bridgehead atoms. The monoisotopic (exact) mass is 365 g/mol. The maximum absolute atomic E-state index is 13.4. The lowest BCUT2D eigenvalue weighted by molar-refractivity contribution is 0.0304. The van der Waals surface area contributed by atoms with Crippen LogP contribution in [0, 0.1) is 11.6 Å². The van der Waals surface area contributed by atoms with Gasteiger partial charge in [-0.15, -0.1) is 0 Å². The van der Waals surface area contributed by atoms with Crippen LogP contribution in [0.5, 0.6) is 0 Å². The first-order valence-electron chi connectivity index (χ1n) is 9.02. The van der Waals surface area contributed by atoms with Gasteiger partial charge in [0.25, 0.3) is 0 Å². The fraction of sp³-hybridized carbons (Fsp3) is 0.579. The van der Waals surface area contributed by atoms with Crippen LogP contribution in [-0.2, 0) is 11.3 Å². The van der Waals surface area contributed by atoms with Gasteiger partial charge in [-0.1, -0.05) is 18.9 Å². The second kappa shape index (κ2) is 7.21. The van der Waals surface area contributed by atoms with Crippen molar-refractivity contribution in [1.82, 2.24) is 10.2 Å². The molecule has 3 rings (SSSR count). The Morgan fingerprint density at radius 1 is 1.27 bits per heavy atom. The molecule has 1 aliphatic carbocycles. The third kappa shape index (κ3) is 4.14. The van der Waals surface area contributed by atoms with E-state index in [9.17, 15) is 13.6 Å². The number of ether oxygens (including phenoxy) is 1. The van der Waals surface area contributed by atoms with Crippen LogP contribution >= 0.6 is 0 Å². The second-order valence-electron chi connectivity index (χ2n) is 7.84. The van der Waals surface area contributed by atoms with Crippen molar-refractivity contribution >= 4 is 12.1 Å². The predicted molar refractivity (Wildman–Crippen MR) is 94.7 cm³/mol. The minimum Gasteiger partial charge on any atom is -0.443 e. The number of nitrogens with zero attached hydrogens (tertiary/aromatic N) is 2. The quantitative estimate of drug-likeness (QED) is 0.863. The van der Waals surface area contributed by atoms with E-state index in [1.54, 1.807) is 4.90 Å². The first kappa shape index (κ1) is 18.6. The molecule has 1 aromatic rings. The smallest absolute Gasteiger partial charge is 0.417 e. The van der Waals surface area contributed by atoms with E-state index >= 15 is 0 Å². The maximum atomic E-state index is 13.4. The third-order valence-electron chi connectivity index (χ3n) is 4.59. The Kier molecular flexibility index (Phi) is 5.16. The van der Waals surface area contributed by atoms with E-state index in [-0.39, 0.29) is 18.6 Å². The molecule has 0 unspecified atom stereocenters. The normalized spacial score (nSPS) is 24.3. The van der Waals surface area contributed by atoms with Crippen LogP contribution in [0.25, 0.3) is 0 Å². The highest BCUT2D eigenvalue weighted by molar-refractivity contribution is 5.96. The molecule has 1 aromatic carbocycles. The number of halogens is 2. The molecule has 5 nitrogen and oxygen atoms in total. The van der Waals surface area contributed by atoms with Crippen LogP contribution in [-0.4, -0.2) is 34.6 Å². The molecular formula is C19H25F2N3O2. The average Bonchev–Trinajstić information content (AvgIpc) is 2.93. The fourth-order valence-electron chi connectivity index (χ4n) is 3.44. The summed E-state index contributed by atoms with van der Waals surface area (Å²) in [7, 11) is 0. The standard InChI is InChI=1S/C19H25F2N3O2/c1-19(2,3)26-18(25)24-16-7-5-4-6-15(16)23-17(24)22-11-12-8-9-13(20)14(21)10-12/h8-10,15-16H,4-7,11H2,1-3H3,(H,22,23)/t15-,16+/m1/s1. The number of nitrogens with one attached hydrogen (secondary N) is 1. The van der Waals surface area contributed by atoms with Crippen LogP contribution in [0.2, 0.25) is 0 Å². The highest BCUT2D eigenvalue weighted by Gasteiger charge is 2.44. The highest BCUT2D eigenvalue weighted by atomic mass is 19.2. The van der Waals surface area contributed by atoms with Gasteiger partial charge in [-0.25, -0.2) is 23.5 Å². The molecule has 1 saturated carbocycles. The molecule has 2 aliphatic rings. The zero-order valence-corrected chi connectivity index (χ0v) is 15.4. The Morgan fingerprint density at radius 2 is 2.00 bits per heavy atom. The summed E-state index contributed by atoms with van der Waals surface area (Å²) < 4.78 is 32.0. The zero-order valence-electron chi connectivity index (χ0n) is 15.4. The van der Waals surface area contributed by atoms with Crippen LogP contribution in [0.3, 0.4) is 0 Å². The molecule has 2 fully saturated rings. The average molecular weight is 365 g/mol. The summed E-state index contributed by atoms with van der Waals surface area (Å²) in [4.78, 5) is 18.8. The molecule has 142 valence electrons. The summed E-state index contributed by atoms with van der Waals surface area (Å²) in [6.45, 7) is 5.62. The molecular weight excluding hydrogens is 340 g/mol. The number of carbonyl (C=O) groups excluding carboxylic acids is 1. The Labute approximate surface area is 152 Å². The maximum Gasteiger partial charge on any atom is 0.417 e. The lowest BCUT2D eigenvalue weighted by atomic mass is 9.91. The summed E-state index contributed by atoms with van der Waals surface area (Å²) in [6, 6.07) is 3.86. The summed E-state index contributed by atoms with van der Waals surface area (Å²) in [6.07, 6.45) is 3.59. The topological polar surface area (TPSA) is 53.9 Å². The van der Waals surface area contributed by atoms with Gasteiger partial charge in [0.1, 0.15) is 5.60 Å². The Morgan fingerprint density at radius 3 is 2.69 bits per heavy atom. The van der Waals surface area contributed by atoms with Gasteiger partial charge in [0.05, 0.1) is 18.6 Å². The van der Waals surface area contributed by atoms with Crippen LogP contribution < -0.4 is 5.32 Å². The number of guanidine groups is 1. The van der Waals surface area contributed by atoms with Gasteiger partial charge in [-0.2, -0.15) is 0 Å². The summed E-state index contributed by atoms with van der Waals surface area (Å²) >= 11 is 0. The first-order chi connectivity index (χ1) is 12.2. The molecule has 1 amide bonds. The van der Waals surface area contributed by atoms with Crippen molar-refractivity contribution in [1.29, 1.82) is 0 Å². The molecule has 26 heavy (non-hydrogen) atoms. The number of amides is 1. The van der Waals surface area contributed by atoms with E-state index in [1.807, 2.05) is 20.8 Å². The second-order valence-corrected chi connectivity index (χ2v) is 7.84. The minimum atomic E-state index is -0.903. The molecule has 0 spiro atoms. The molecule has 2 atom stereocenters.